The fraction of sp³-hybridized carbons (Fsp3) is 0. The number of rotatable bonds is 2. The zero-order valence-corrected chi connectivity index (χ0v) is 9.56. The number of phenols is 2. The molecule has 94 valence electrons. The molecule has 0 atom stereocenters. The van der Waals surface area contributed by atoms with Gasteiger partial charge in [-0.15, -0.1) is 0 Å². The van der Waals surface area contributed by atoms with E-state index in [1.807, 2.05) is 0 Å². The van der Waals surface area contributed by atoms with Crippen molar-refractivity contribution in [2.24, 2.45) is 0 Å². The largest absolute Gasteiger partial charge is 0.507 e. The van der Waals surface area contributed by atoms with Gasteiger partial charge in [0.1, 0.15) is 22.8 Å². The Bertz CT molecular complexity index is 692. The third kappa shape index (κ3) is 1.97. The van der Waals surface area contributed by atoms with Crippen molar-refractivity contribution in [1.82, 2.24) is 20.1 Å². The van der Waals surface area contributed by atoms with Crippen LogP contribution in [0.3, 0.4) is 0 Å². The van der Waals surface area contributed by atoms with E-state index in [9.17, 15) is 10.2 Å². The number of aromatic nitrogens is 4. The number of benzene rings is 1. The van der Waals surface area contributed by atoms with Crippen LogP contribution in [0, 0.1) is 0 Å². The Morgan fingerprint density at radius 1 is 1.05 bits per heavy atom. The molecule has 3 rings (SSSR count). The van der Waals surface area contributed by atoms with Crippen molar-refractivity contribution in [2.75, 3.05) is 0 Å². The quantitative estimate of drug-likeness (QED) is 0.717. The topological polar surface area (TPSA) is 105 Å². The molecular weight excluding hydrogens is 248 g/mol. The second-order valence-electron chi connectivity index (χ2n) is 3.69. The van der Waals surface area contributed by atoms with Crippen LogP contribution in [0.15, 0.2) is 41.3 Å². The maximum absolute atomic E-state index is 9.71. The van der Waals surface area contributed by atoms with Crippen molar-refractivity contribution in [2.45, 2.75) is 0 Å². The van der Waals surface area contributed by atoms with E-state index in [-0.39, 0.29) is 28.8 Å². The van der Waals surface area contributed by atoms with Gasteiger partial charge in [0.15, 0.2) is 0 Å². The average molecular weight is 256 g/mol. The first-order chi connectivity index (χ1) is 9.25. The lowest BCUT2D eigenvalue weighted by Crippen LogP contribution is -1.86. The predicted molar refractivity (Wildman–Crippen MR) is 64.1 cm³/mol. The van der Waals surface area contributed by atoms with Crippen LogP contribution in [-0.2, 0) is 0 Å². The zero-order valence-electron chi connectivity index (χ0n) is 9.56. The maximum Gasteiger partial charge on any atom is 0.265 e. The molecule has 0 aliphatic rings. The summed E-state index contributed by atoms with van der Waals surface area (Å²) in [5.74, 6) is -0.0503. The van der Waals surface area contributed by atoms with Gasteiger partial charge in [0.05, 0.1) is 6.20 Å². The Morgan fingerprint density at radius 3 is 2.53 bits per heavy atom. The second kappa shape index (κ2) is 4.37. The van der Waals surface area contributed by atoms with Crippen LogP contribution in [0.1, 0.15) is 0 Å². The predicted octanol–water partition coefficient (Wildman–Crippen LogP) is 1.60. The van der Waals surface area contributed by atoms with Crippen LogP contribution < -0.4 is 0 Å². The SMILES string of the molecule is Oc1cccc(O)c1-c1nc(-c2cnccn2)no1. The number of aromatic hydroxyl groups is 2. The Hall–Kier alpha value is -2.96. The zero-order chi connectivity index (χ0) is 13.2. The minimum atomic E-state index is -0.144. The molecule has 2 heterocycles. The average Bonchev–Trinajstić information content (AvgIpc) is 2.89. The number of hydrogen-bond donors (Lipinski definition) is 2. The van der Waals surface area contributed by atoms with Gasteiger partial charge in [-0.2, -0.15) is 4.98 Å². The first kappa shape index (κ1) is 11.1. The van der Waals surface area contributed by atoms with Gasteiger partial charge < -0.3 is 14.7 Å². The first-order valence-corrected chi connectivity index (χ1v) is 5.37. The minimum absolute atomic E-state index is 0.0104. The summed E-state index contributed by atoms with van der Waals surface area (Å²) in [7, 11) is 0. The molecule has 1 aromatic carbocycles. The highest BCUT2D eigenvalue weighted by Crippen LogP contribution is 2.36. The molecule has 0 aliphatic heterocycles. The highest BCUT2D eigenvalue weighted by atomic mass is 16.5. The molecular formula is C12H8N4O3. The summed E-state index contributed by atoms with van der Waals surface area (Å²) in [6.45, 7) is 0. The standard InChI is InChI=1S/C12H8N4O3/c17-8-2-1-3-9(18)10(8)12-15-11(16-19-12)7-6-13-4-5-14-7/h1-6,17-18H. The van der Waals surface area contributed by atoms with E-state index in [0.29, 0.717) is 5.69 Å². The lowest BCUT2D eigenvalue weighted by molar-refractivity contribution is 0.416. The van der Waals surface area contributed by atoms with Crippen LogP contribution >= 0.6 is 0 Å². The third-order valence-electron chi connectivity index (χ3n) is 2.45. The minimum Gasteiger partial charge on any atom is -0.507 e. The summed E-state index contributed by atoms with van der Waals surface area (Å²) < 4.78 is 5.02. The molecule has 7 nitrogen and oxygen atoms in total. The monoisotopic (exact) mass is 256 g/mol. The van der Waals surface area contributed by atoms with Crippen molar-refractivity contribution in [3.8, 4) is 34.5 Å². The second-order valence-corrected chi connectivity index (χ2v) is 3.69. The molecule has 3 aromatic rings. The Morgan fingerprint density at radius 2 is 1.84 bits per heavy atom. The molecule has 0 unspecified atom stereocenters. The molecule has 0 saturated heterocycles. The highest BCUT2D eigenvalue weighted by Gasteiger charge is 2.18. The molecule has 19 heavy (non-hydrogen) atoms. The summed E-state index contributed by atoms with van der Waals surface area (Å²) in [6.07, 6.45) is 4.52. The molecule has 0 fully saturated rings. The van der Waals surface area contributed by atoms with Crippen molar-refractivity contribution in [3.63, 3.8) is 0 Å². The van der Waals surface area contributed by atoms with Crippen LogP contribution in [0.2, 0.25) is 0 Å². The summed E-state index contributed by atoms with van der Waals surface area (Å²) in [5.41, 5.74) is 0.526. The maximum atomic E-state index is 9.71. The molecule has 0 spiro atoms. The van der Waals surface area contributed by atoms with Gasteiger partial charge in [-0.05, 0) is 12.1 Å². The van der Waals surface area contributed by atoms with Crippen molar-refractivity contribution in [1.29, 1.82) is 0 Å². The molecule has 0 saturated carbocycles. The normalized spacial score (nSPS) is 10.5. The Labute approximate surface area is 107 Å². The van der Waals surface area contributed by atoms with Crippen molar-refractivity contribution >= 4 is 0 Å². The fourth-order valence-electron chi connectivity index (χ4n) is 1.59. The summed E-state index contributed by atoms with van der Waals surface area (Å²) in [6, 6.07) is 4.34. The highest BCUT2D eigenvalue weighted by molar-refractivity contribution is 5.70. The number of hydrogen-bond acceptors (Lipinski definition) is 7. The number of nitrogens with zero attached hydrogens (tertiary/aromatic N) is 4. The lowest BCUT2D eigenvalue weighted by Gasteiger charge is -2.00. The van der Waals surface area contributed by atoms with Crippen LogP contribution in [0.4, 0.5) is 0 Å². The van der Waals surface area contributed by atoms with Crippen LogP contribution in [-0.4, -0.2) is 30.3 Å². The van der Waals surface area contributed by atoms with Gasteiger partial charge in [0.25, 0.3) is 5.89 Å². The van der Waals surface area contributed by atoms with E-state index in [2.05, 4.69) is 20.1 Å². The van der Waals surface area contributed by atoms with E-state index in [1.54, 1.807) is 0 Å². The van der Waals surface area contributed by atoms with Crippen molar-refractivity contribution in [3.05, 3.63) is 36.8 Å². The molecule has 7 heteroatoms. The molecule has 0 aliphatic carbocycles. The number of phenolic OH excluding ortho intramolecular Hbond substituents is 2. The van der Waals surface area contributed by atoms with Crippen LogP contribution in [0.5, 0.6) is 11.5 Å². The Kier molecular flexibility index (Phi) is 2.57. The third-order valence-corrected chi connectivity index (χ3v) is 2.45. The van der Waals surface area contributed by atoms with Gasteiger partial charge in [0, 0.05) is 12.4 Å². The van der Waals surface area contributed by atoms with E-state index < -0.39 is 0 Å². The van der Waals surface area contributed by atoms with Gasteiger partial charge in [-0.1, -0.05) is 11.2 Å². The lowest BCUT2D eigenvalue weighted by atomic mass is 10.2. The summed E-state index contributed by atoms with van der Waals surface area (Å²) in [5, 5.41) is 23.2. The van der Waals surface area contributed by atoms with Crippen molar-refractivity contribution < 1.29 is 14.7 Å². The first-order valence-electron chi connectivity index (χ1n) is 5.37. The Balaban J connectivity index is 2.07. The fourth-order valence-corrected chi connectivity index (χ4v) is 1.59. The van der Waals surface area contributed by atoms with E-state index in [1.165, 1.54) is 36.8 Å². The van der Waals surface area contributed by atoms with Gasteiger partial charge in [-0.3, -0.25) is 4.98 Å². The molecule has 2 N–H and O–H groups in total. The summed E-state index contributed by atoms with van der Waals surface area (Å²) >= 11 is 0. The molecule has 2 aromatic heterocycles. The van der Waals surface area contributed by atoms with E-state index >= 15 is 0 Å². The summed E-state index contributed by atoms with van der Waals surface area (Å²) in [4.78, 5) is 12.0. The molecule has 0 bridgehead atoms. The van der Waals surface area contributed by atoms with Crippen LogP contribution in [0.25, 0.3) is 23.0 Å². The smallest absolute Gasteiger partial charge is 0.265 e. The van der Waals surface area contributed by atoms with Gasteiger partial charge in [0.2, 0.25) is 5.82 Å². The van der Waals surface area contributed by atoms with E-state index in [0.717, 1.165) is 0 Å². The van der Waals surface area contributed by atoms with Gasteiger partial charge >= 0.3 is 0 Å². The molecule has 0 radical (unpaired) electrons. The molecule has 0 amide bonds. The van der Waals surface area contributed by atoms with E-state index in [4.69, 9.17) is 4.52 Å². The van der Waals surface area contributed by atoms with Gasteiger partial charge in [-0.25, -0.2) is 4.98 Å².